The molecule has 2 atom stereocenters. The molecule has 0 spiro atoms. The average molecular weight is 285 g/mol. The molecule has 5 nitrogen and oxygen atoms in total. The second-order valence-corrected chi connectivity index (χ2v) is 5.99. The third-order valence-electron chi connectivity index (χ3n) is 3.43. The fraction of sp³-hybridized carbons (Fsp3) is 0.867. The molecule has 1 fully saturated rings. The van der Waals surface area contributed by atoms with E-state index in [4.69, 9.17) is 9.47 Å². The van der Waals surface area contributed by atoms with E-state index in [1.807, 2.05) is 6.92 Å². The van der Waals surface area contributed by atoms with Crippen molar-refractivity contribution < 1.29 is 19.1 Å². The molecule has 1 saturated heterocycles. The van der Waals surface area contributed by atoms with E-state index in [2.05, 4.69) is 19.2 Å². The van der Waals surface area contributed by atoms with Crippen molar-refractivity contribution in [3.05, 3.63) is 0 Å². The van der Waals surface area contributed by atoms with Crippen LogP contribution in [0.15, 0.2) is 0 Å². The van der Waals surface area contributed by atoms with Crippen LogP contribution in [0, 0.1) is 11.8 Å². The summed E-state index contributed by atoms with van der Waals surface area (Å²) in [5.41, 5.74) is 0. The molecule has 0 aromatic rings. The van der Waals surface area contributed by atoms with Crippen LogP contribution >= 0.6 is 0 Å². The summed E-state index contributed by atoms with van der Waals surface area (Å²) in [6, 6.07) is -0.597. The van der Waals surface area contributed by atoms with Crippen LogP contribution in [-0.4, -0.2) is 37.2 Å². The number of hydrogen-bond acceptors (Lipinski definition) is 4. The van der Waals surface area contributed by atoms with E-state index >= 15 is 0 Å². The molecule has 5 heteroatoms. The monoisotopic (exact) mass is 285 g/mol. The molecular formula is C15H27NO4. The normalized spacial score (nSPS) is 19.4. The van der Waals surface area contributed by atoms with E-state index in [1.165, 1.54) is 0 Å². The van der Waals surface area contributed by atoms with Gasteiger partial charge in [0.15, 0.2) is 0 Å². The van der Waals surface area contributed by atoms with Gasteiger partial charge in [0, 0.05) is 19.1 Å². The molecule has 0 aliphatic carbocycles. The van der Waals surface area contributed by atoms with Gasteiger partial charge in [-0.25, -0.2) is 4.79 Å². The van der Waals surface area contributed by atoms with Crippen molar-refractivity contribution in [3.63, 3.8) is 0 Å². The minimum absolute atomic E-state index is 0.0490. The van der Waals surface area contributed by atoms with Crippen LogP contribution in [0.4, 0.5) is 0 Å². The summed E-state index contributed by atoms with van der Waals surface area (Å²) in [7, 11) is 0. The quantitative estimate of drug-likeness (QED) is 0.757. The molecule has 1 N–H and O–H groups in total. The lowest BCUT2D eigenvalue weighted by molar-refractivity contribution is -0.152. The second kappa shape index (κ2) is 8.25. The molecule has 0 aromatic carbocycles. The number of ether oxygens (including phenoxy) is 2. The number of hydrogen-bond donors (Lipinski definition) is 1. The molecule has 1 amide bonds. The minimum Gasteiger partial charge on any atom is -0.461 e. The Morgan fingerprint density at radius 3 is 2.35 bits per heavy atom. The first-order chi connectivity index (χ1) is 9.40. The van der Waals surface area contributed by atoms with Gasteiger partial charge in [0.1, 0.15) is 6.04 Å². The highest BCUT2D eigenvalue weighted by atomic mass is 16.5. The van der Waals surface area contributed by atoms with Gasteiger partial charge in [0.2, 0.25) is 5.91 Å². The minimum atomic E-state index is -0.597. The summed E-state index contributed by atoms with van der Waals surface area (Å²) in [5.74, 6) is -0.00940. The van der Waals surface area contributed by atoms with Crippen LogP contribution in [0.3, 0.4) is 0 Å². The van der Waals surface area contributed by atoms with Gasteiger partial charge in [0.25, 0.3) is 0 Å². The Morgan fingerprint density at radius 2 is 1.80 bits per heavy atom. The molecule has 0 saturated carbocycles. The summed E-state index contributed by atoms with van der Waals surface area (Å²) in [5, 5.41) is 2.74. The van der Waals surface area contributed by atoms with Gasteiger partial charge >= 0.3 is 5.97 Å². The van der Waals surface area contributed by atoms with Crippen molar-refractivity contribution in [1.29, 1.82) is 0 Å². The number of carbonyl (C=O) groups is 2. The van der Waals surface area contributed by atoms with E-state index in [0.29, 0.717) is 19.1 Å². The lowest BCUT2D eigenvalue weighted by atomic mass is 9.99. The number of nitrogens with one attached hydrogen (secondary N) is 1. The van der Waals surface area contributed by atoms with Crippen LogP contribution in [0.2, 0.25) is 0 Å². The number of esters is 1. The molecule has 0 radical (unpaired) electrons. The van der Waals surface area contributed by atoms with Crippen molar-refractivity contribution in [2.75, 3.05) is 13.2 Å². The zero-order chi connectivity index (χ0) is 15.1. The smallest absolute Gasteiger partial charge is 0.328 e. The molecule has 0 unspecified atom stereocenters. The first-order valence-corrected chi connectivity index (χ1v) is 7.48. The van der Waals surface area contributed by atoms with Gasteiger partial charge in [-0.05, 0) is 39.0 Å². The molecule has 1 heterocycles. The van der Waals surface area contributed by atoms with Gasteiger partial charge in [-0.2, -0.15) is 0 Å². The van der Waals surface area contributed by atoms with Crippen molar-refractivity contribution in [2.45, 2.75) is 59.1 Å². The Kier molecular flexibility index (Phi) is 6.99. The van der Waals surface area contributed by atoms with E-state index in [9.17, 15) is 9.59 Å². The van der Waals surface area contributed by atoms with Crippen molar-refractivity contribution in [3.8, 4) is 0 Å². The first-order valence-electron chi connectivity index (χ1n) is 7.48. The number of carbonyl (C=O) groups excluding carboxylic acids is 2. The van der Waals surface area contributed by atoms with Crippen LogP contribution in [0.25, 0.3) is 0 Å². The van der Waals surface area contributed by atoms with Crippen molar-refractivity contribution in [2.24, 2.45) is 11.8 Å². The second-order valence-electron chi connectivity index (χ2n) is 5.99. The highest BCUT2D eigenvalue weighted by Gasteiger charge is 2.26. The van der Waals surface area contributed by atoms with E-state index in [1.54, 1.807) is 6.92 Å². The summed E-state index contributed by atoms with van der Waals surface area (Å²) in [6.07, 6.45) is 2.14. The third-order valence-corrected chi connectivity index (χ3v) is 3.43. The van der Waals surface area contributed by atoms with Gasteiger partial charge in [0.05, 0.1) is 6.10 Å². The number of rotatable bonds is 6. The summed E-state index contributed by atoms with van der Waals surface area (Å²) in [6.45, 7) is 8.94. The third kappa shape index (κ3) is 5.90. The van der Waals surface area contributed by atoms with E-state index < -0.39 is 6.04 Å². The van der Waals surface area contributed by atoms with Crippen molar-refractivity contribution >= 4 is 11.9 Å². The predicted molar refractivity (Wildman–Crippen MR) is 76.2 cm³/mol. The van der Waals surface area contributed by atoms with E-state index in [-0.39, 0.29) is 23.9 Å². The molecule has 1 aliphatic rings. The van der Waals surface area contributed by atoms with E-state index in [0.717, 1.165) is 19.3 Å². The summed E-state index contributed by atoms with van der Waals surface area (Å²) in [4.78, 5) is 23.9. The van der Waals surface area contributed by atoms with Crippen LogP contribution < -0.4 is 5.32 Å². The maximum absolute atomic E-state index is 12.0. The molecule has 0 aromatic heterocycles. The molecule has 116 valence electrons. The average Bonchev–Trinajstić information content (AvgIpc) is 2.38. The van der Waals surface area contributed by atoms with Gasteiger partial charge in [-0.15, -0.1) is 0 Å². The van der Waals surface area contributed by atoms with Crippen LogP contribution in [-0.2, 0) is 19.1 Å². The van der Waals surface area contributed by atoms with Gasteiger partial charge < -0.3 is 14.8 Å². The Balaban J connectivity index is 2.34. The SMILES string of the molecule is CC(C)C[C@@H](C)OC(=O)[C@H](C)NC(=O)C1CCOCC1. The Bertz CT molecular complexity index is 324. The maximum atomic E-state index is 12.0. The lowest BCUT2D eigenvalue weighted by Crippen LogP contribution is -2.44. The molecule has 1 aliphatic heterocycles. The lowest BCUT2D eigenvalue weighted by Gasteiger charge is -2.24. The summed E-state index contributed by atoms with van der Waals surface area (Å²) >= 11 is 0. The standard InChI is InChI=1S/C15H27NO4/c1-10(2)9-11(3)20-15(18)12(4)16-14(17)13-5-7-19-8-6-13/h10-13H,5-9H2,1-4H3,(H,16,17)/t11-,12+/m1/s1. The largest absolute Gasteiger partial charge is 0.461 e. The van der Waals surface area contributed by atoms with Gasteiger partial charge in [-0.1, -0.05) is 13.8 Å². The zero-order valence-corrected chi connectivity index (χ0v) is 13.0. The Labute approximate surface area is 121 Å². The zero-order valence-electron chi connectivity index (χ0n) is 13.0. The van der Waals surface area contributed by atoms with Crippen LogP contribution in [0.1, 0.15) is 47.0 Å². The summed E-state index contributed by atoms with van der Waals surface area (Å²) < 4.78 is 10.6. The molecule has 0 bridgehead atoms. The molecule has 1 rings (SSSR count). The predicted octanol–water partition coefficient (Wildman–Crippen LogP) is 1.90. The topological polar surface area (TPSA) is 64.6 Å². The molecular weight excluding hydrogens is 258 g/mol. The highest BCUT2D eigenvalue weighted by Crippen LogP contribution is 2.15. The maximum Gasteiger partial charge on any atom is 0.328 e. The number of amides is 1. The van der Waals surface area contributed by atoms with Crippen molar-refractivity contribution in [1.82, 2.24) is 5.32 Å². The van der Waals surface area contributed by atoms with Crippen LogP contribution in [0.5, 0.6) is 0 Å². The molecule has 20 heavy (non-hydrogen) atoms. The fourth-order valence-corrected chi connectivity index (χ4v) is 2.36. The Morgan fingerprint density at radius 1 is 1.20 bits per heavy atom. The fourth-order valence-electron chi connectivity index (χ4n) is 2.36. The first kappa shape index (κ1) is 17.0. The highest BCUT2D eigenvalue weighted by molar-refractivity contribution is 5.85. The Hall–Kier alpha value is -1.10. The van der Waals surface area contributed by atoms with Gasteiger partial charge in [-0.3, -0.25) is 4.79 Å².